The van der Waals surface area contributed by atoms with Crippen molar-refractivity contribution < 1.29 is 9.21 Å². The second-order valence-corrected chi connectivity index (χ2v) is 7.31. The van der Waals surface area contributed by atoms with Crippen LogP contribution in [0.5, 0.6) is 0 Å². The largest absolute Gasteiger partial charge is 0.425 e. The maximum Gasteiger partial charge on any atom is 0.225 e. The third-order valence-corrected chi connectivity index (χ3v) is 4.86. The zero-order valence-electron chi connectivity index (χ0n) is 13.8. The van der Waals surface area contributed by atoms with Gasteiger partial charge >= 0.3 is 0 Å². The highest BCUT2D eigenvalue weighted by atomic mass is 16.4. The molecule has 0 bridgehead atoms. The summed E-state index contributed by atoms with van der Waals surface area (Å²) in [6.07, 6.45) is 7.30. The fraction of sp³-hybridized carbons (Fsp3) is 0.824. The highest BCUT2D eigenvalue weighted by molar-refractivity contribution is 5.79. The molecule has 2 fully saturated rings. The molecule has 2 aliphatic rings. The first-order valence-corrected chi connectivity index (χ1v) is 8.72. The molecular formula is C17H27N3O2. The molecule has 1 unspecified atom stereocenters. The summed E-state index contributed by atoms with van der Waals surface area (Å²) < 4.78 is 5.73. The molecule has 5 nitrogen and oxygen atoms in total. The smallest absolute Gasteiger partial charge is 0.225 e. The second kappa shape index (κ2) is 6.80. The molecule has 3 rings (SSSR count). The number of aromatic nitrogens is 2. The van der Waals surface area contributed by atoms with Gasteiger partial charge in [-0.3, -0.25) is 4.79 Å². The van der Waals surface area contributed by atoms with Crippen molar-refractivity contribution in [2.24, 2.45) is 17.8 Å². The van der Waals surface area contributed by atoms with E-state index in [1.165, 1.54) is 12.8 Å². The molecule has 1 aliphatic heterocycles. The lowest BCUT2D eigenvalue weighted by atomic mass is 10.0. The van der Waals surface area contributed by atoms with E-state index in [-0.39, 0.29) is 0 Å². The van der Waals surface area contributed by atoms with Crippen LogP contribution in [0.15, 0.2) is 4.42 Å². The van der Waals surface area contributed by atoms with Crippen LogP contribution in [0, 0.1) is 17.8 Å². The number of hydrogen-bond acceptors (Lipinski definition) is 4. The van der Waals surface area contributed by atoms with Crippen molar-refractivity contribution in [2.75, 3.05) is 13.1 Å². The zero-order valence-corrected chi connectivity index (χ0v) is 13.8. The van der Waals surface area contributed by atoms with Gasteiger partial charge < -0.3 is 9.32 Å². The van der Waals surface area contributed by atoms with Crippen molar-refractivity contribution in [1.29, 1.82) is 0 Å². The number of carbonyl (C=O) groups is 1. The number of nitrogens with zero attached hydrogens (tertiary/aromatic N) is 3. The lowest BCUT2D eigenvalue weighted by Gasteiger charge is -2.20. The van der Waals surface area contributed by atoms with Crippen LogP contribution in [0.3, 0.4) is 0 Å². The molecule has 1 saturated carbocycles. The Labute approximate surface area is 132 Å². The van der Waals surface area contributed by atoms with Gasteiger partial charge in [-0.25, -0.2) is 0 Å². The van der Waals surface area contributed by atoms with Gasteiger partial charge in [-0.05, 0) is 31.1 Å². The van der Waals surface area contributed by atoms with E-state index in [2.05, 4.69) is 28.9 Å². The van der Waals surface area contributed by atoms with E-state index in [0.717, 1.165) is 57.0 Å². The van der Waals surface area contributed by atoms with Crippen LogP contribution in [0.4, 0.5) is 0 Å². The highest BCUT2D eigenvalue weighted by Gasteiger charge is 2.32. The molecule has 0 aromatic carbocycles. The molecule has 1 amide bonds. The third kappa shape index (κ3) is 3.68. The van der Waals surface area contributed by atoms with Crippen molar-refractivity contribution in [3.05, 3.63) is 11.8 Å². The highest BCUT2D eigenvalue weighted by Crippen LogP contribution is 2.29. The Morgan fingerprint density at radius 3 is 2.68 bits per heavy atom. The fourth-order valence-corrected chi connectivity index (χ4v) is 3.68. The first kappa shape index (κ1) is 15.5. The monoisotopic (exact) mass is 305 g/mol. The van der Waals surface area contributed by atoms with Gasteiger partial charge in [0.05, 0.1) is 0 Å². The SMILES string of the molecule is CC(C)Cc1nnc(CC2CCN(C(=O)C3CCCC3)C2)o1. The van der Waals surface area contributed by atoms with Gasteiger partial charge in [0.25, 0.3) is 0 Å². The topological polar surface area (TPSA) is 59.2 Å². The Balaban J connectivity index is 1.50. The summed E-state index contributed by atoms with van der Waals surface area (Å²) in [4.78, 5) is 14.5. The van der Waals surface area contributed by atoms with E-state index < -0.39 is 0 Å². The van der Waals surface area contributed by atoms with Crippen LogP contribution in [-0.2, 0) is 17.6 Å². The van der Waals surface area contributed by atoms with Gasteiger partial charge in [0, 0.05) is 31.8 Å². The molecule has 1 saturated heterocycles. The minimum atomic E-state index is 0.291. The Morgan fingerprint density at radius 2 is 1.95 bits per heavy atom. The van der Waals surface area contributed by atoms with E-state index in [1.807, 2.05) is 0 Å². The summed E-state index contributed by atoms with van der Waals surface area (Å²) in [6, 6.07) is 0. The van der Waals surface area contributed by atoms with Gasteiger partial charge in [0.15, 0.2) is 0 Å². The summed E-state index contributed by atoms with van der Waals surface area (Å²) in [5, 5.41) is 8.28. The normalized spacial score (nSPS) is 22.9. The van der Waals surface area contributed by atoms with Gasteiger partial charge in [-0.2, -0.15) is 0 Å². The van der Waals surface area contributed by atoms with E-state index in [0.29, 0.717) is 23.7 Å². The number of amides is 1. The van der Waals surface area contributed by atoms with Crippen LogP contribution in [-0.4, -0.2) is 34.1 Å². The van der Waals surface area contributed by atoms with Crippen LogP contribution < -0.4 is 0 Å². The molecule has 122 valence electrons. The lowest BCUT2D eigenvalue weighted by Crippen LogP contribution is -2.33. The summed E-state index contributed by atoms with van der Waals surface area (Å²) in [5.41, 5.74) is 0. The minimum Gasteiger partial charge on any atom is -0.425 e. The number of hydrogen-bond donors (Lipinski definition) is 0. The average Bonchev–Trinajstić information content (AvgIpc) is 3.19. The van der Waals surface area contributed by atoms with Crippen molar-refractivity contribution in [2.45, 2.75) is 58.8 Å². The van der Waals surface area contributed by atoms with Gasteiger partial charge in [-0.1, -0.05) is 26.7 Å². The minimum absolute atomic E-state index is 0.291. The molecule has 1 atom stereocenters. The number of rotatable bonds is 5. The first-order chi connectivity index (χ1) is 10.6. The maximum absolute atomic E-state index is 12.4. The Bertz CT molecular complexity index is 506. The zero-order chi connectivity index (χ0) is 15.5. The predicted molar refractivity (Wildman–Crippen MR) is 83.2 cm³/mol. The molecule has 1 aliphatic carbocycles. The van der Waals surface area contributed by atoms with E-state index in [4.69, 9.17) is 4.42 Å². The number of likely N-dealkylation sites (tertiary alicyclic amines) is 1. The summed E-state index contributed by atoms with van der Waals surface area (Å²) in [5.74, 6) is 3.14. The average molecular weight is 305 g/mol. The summed E-state index contributed by atoms with van der Waals surface area (Å²) in [7, 11) is 0. The summed E-state index contributed by atoms with van der Waals surface area (Å²) in [6.45, 7) is 6.05. The molecule has 5 heteroatoms. The van der Waals surface area contributed by atoms with Gasteiger partial charge in [0.1, 0.15) is 0 Å². The molecule has 1 aromatic rings. The van der Waals surface area contributed by atoms with Gasteiger partial charge in [-0.15, -0.1) is 10.2 Å². The van der Waals surface area contributed by atoms with Crippen molar-refractivity contribution >= 4 is 5.91 Å². The van der Waals surface area contributed by atoms with Crippen molar-refractivity contribution in [1.82, 2.24) is 15.1 Å². The van der Waals surface area contributed by atoms with Crippen LogP contribution in [0.1, 0.15) is 57.7 Å². The van der Waals surface area contributed by atoms with E-state index in [9.17, 15) is 4.79 Å². The standard InChI is InChI=1S/C17H27N3O2/c1-12(2)9-15-18-19-16(22-15)10-13-7-8-20(11-13)17(21)14-5-3-4-6-14/h12-14H,3-11H2,1-2H3. The first-order valence-electron chi connectivity index (χ1n) is 8.72. The molecular weight excluding hydrogens is 278 g/mol. The molecule has 0 N–H and O–H groups in total. The molecule has 0 spiro atoms. The molecule has 2 heterocycles. The fourth-order valence-electron chi connectivity index (χ4n) is 3.68. The van der Waals surface area contributed by atoms with Gasteiger partial charge in [0.2, 0.25) is 17.7 Å². The molecule has 22 heavy (non-hydrogen) atoms. The third-order valence-electron chi connectivity index (χ3n) is 4.86. The Kier molecular flexibility index (Phi) is 4.79. The van der Waals surface area contributed by atoms with Crippen molar-refractivity contribution in [3.8, 4) is 0 Å². The van der Waals surface area contributed by atoms with Crippen LogP contribution in [0.25, 0.3) is 0 Å². The molecule has 1 aromatic heterocycles. The predicted octanol–water partition coefficient (Wildman–Crippen LogP) is 2.85. The Morgan fingerprint density at radius 1 is 1.23 bits per heavy atom. The maximum atomic E-state index is 12.4. The summed E-state index contributed by atoms with van der Waals surface area (Å²) >= 11 is 0. The quantitative estimate of drug-likeness (QED) is 0.839. The number of carbonyl (C=O) groups excluding carboxylic acids is 1. The molecule has 0 radical (unpaired) electrons. The van der Waals surface area contributed by atoms with E-state index >= 15 is 0 Å². The van der Waals surface area contributed by atoms with E-state index in [1.54, 1.807) is 0 Å². The van der Waals surface area contributed by atoms with Crippen molar-refractivity contribution in [3.63, 3.8) is 0 Å². The second-order valence-electron chi connectivity index (χ2n) is 7.31. The lowest BCUT2D eigenvalue weighted by molar-refractivity contribution is -0.134. The van der Waals surface area contributed by atoms with Crippen LogP contribution >= 0.6 is 0 Å². The Hall–Kier alpha value is -1.39. The van der Waals surface area contributed by atoms with Crippen LogP contribution in [0.2, 0.25) is 0 Å².